The van der Waals surface area contributed by atoms with Crippen molar-refractivity contribution >= 4 is 23.1 Å². The summed E-state index contributed by atoms with van der Waals surface area (Å²) in [6.45, 7) is 0.712. The van der Waals surface area contributed by atoms with Crippen molar-refractivity contribution in [3.63, 3.8) is 0 Å². The zero-order valence-electron chi connectivity index (χ0n) is 19.3. The van der Waals surface area contributed by atoms with E-state index in [1.807, 2.05) is 84.6 Å². The maximum Gasteiger partial charge on any atom is 0.223 e. The minimum atomic E-state index is -0.352. The van der Waals surface area contributed by atoms with Crippen molar-refractivity contribution in [2.24, 2.45) is 0 Å². The molecule has 1 aliphatic heterocycles. The molecule has 0 fully saturated rings. The maximum absolute atomic E-state index is 13.1. The van der Waals surface area contributed by atoms with E-state index in [0.717, 1.165) is 16.9 Å². The van der Waals surface area contributed by atoms with E-state index in [2.05, 4.69) is 6.07 Å². The molecule has 7 heteroatoms. The molecule has 2 heterocycles. The second-order valence-corrected chi connectivity index (χ2v) is 8.16. The van der Waals surface area contributed by atoms with Gasteiger partial charge >= 0.3 is 0 Å². The average Bonchev–Trinajstić information content (AvgIpc) is 3.46. The lowest BCUT2D eigenvalue weighted by Crippen LogP contribution is -2.31. The Morgan fingerprint density at radius 1 is 0.882 bits per heavy atom. The Bertz CT molecular complexity index is 1210. The average molecular weight is 455 g/mol. The van der Waals surface area contributed by atoms with Gasteiger partial charge in [0.15, 0.2) is 5.78 Å². The first-order valence-corrected chi connectivity index (χ1v) is 11.1. The third kappa shape index (κ3) is 4.71. The molecule has 34 heavy (non-hydrogen) atoms. The molecule has 4 rings (SSSR count). The monoisotopic (exact) mass is 454 g/mol. The number of allylic oxidation sites excluding steroid dienone is 1. The van der Waals surface area contributed by atoms with Crippen molar-refractivity contribution in [1.29, 1.82) is 5.26 Å². The summed E-state index contributed by atoms with van der Waals surface area (Å²) >= 11 is 0. The number of para-hydroxylation sites is 2. The van der Waals surface area contributed by atoms with Gasteiger partial charge in [-0.1, -0.05) is 42.5 Å². The molecule has 7 nitrogen and oxygen atoms in total. The number of nitriles is 1. The number of carbonyl (C=O) groups is 2. The standard InChI is InChI=1S/C27H26N4O3/c1-29-23-12-6-7-13-24(23)30(2)27(29)22(17-28)25(32)14-15-26(33)31(19-21-11-8-16-34-21)18-20-9-4-3-5-10-20/h3-13,16H,14-15,18-19H2,1-2H3. The number of Topliss-reactive ketones (excluding diaryl/α,β-unsaturated/α-hetero) is 1. The highest BCUT2D eigenvalue weighted by Crippen LogP contribution is 2.40. The molecule has 0 spiro atoms. The number of furan rings is 1. The molecular weight excluding hydrogens is 428 g/mol. The predicted octanol–water partition coefficient (Wildman–Crippen LogP) is 4.48. The van der Waals surface area contributed by atoms with Crippen LogP contribution >= 0.6 is 0 Å². The fourth-order valence-corrected chi connectivity index (χ4v) is 4.19. The Hall–Kier alpha value is -4.31. The van der Waals surface area contributed by atoms with Crippen molar-refractivity contribution in [2.45, 2.75) is 25.9 Å². The van der Waals surface area contributed by atoms with Gasteiger partial charge < -0.3 is 19.1 Å². The first-order chi connectivity index (χ1) is 16.5. The van der Waals surface area contributed by atoms with E-state index in [1.54, 1.807) is 17.2 Å². The molecule has 3 aromatic rings. The Kier molecular flexibility index (Phi) is 6.79. The van der Waals surface area contributed by atoms with Crippen LogP contribution in [0.2, 0.25) is 0 Å². The molecule has 0 N–H and O–H groups in total. The predicted molar refractivity (Wildman–Crippen MR) is 130 cm³/mol. The third-order valence-electron chi connectivity index (χ3n) is 5.92. The molecule has 0 unspecified atom stereocenters. The molecule has 172 valence electrons. The maximum atomic E-state index is 13.1. The number of carbonyl (C=O) groups excluding carboxylic acids is 2. The highest BCUT2D eigenvalue weighted by atomic mass is 16.3. The van der Waals surface area contributed by atoms with E-state index in [1.165, 1.54) is 0 Å². The molecule has 0 saturated carbocycles. The first-order valence-electron chi connectivity index (χ1n) is 11.1. The number of amides is 1. The number of ketones is 1. The van der Waals surface area contributed by atoms with E-state index < -0.39 is 0 Å². The largest absolute Gasteiger partial charge is 0.467 e. The molecular formula is C27H26N4O3. The van der Waals surface area contributed by atoms with Crippen molar-refractivity contribution in [2.75, 3.05) is 23.9 Å². The smallest absolute Gasteiger partial charge is 0.223 e. The fourth-order valence-electron chi connectivity index (χ4n) is 4.19. The zero-order chi connectivity index (χ0) is 24.1. The lowest BCUT2D eigenvalue weighted by molar-refractivity contribution is -0.134. The van der Waals surface area contributed by atoms with Gasteiger partial charge in [-0.3, -0.25) is 9.59 Å². The van der Waals surface area contributed by atoms with Crippen LogP contribution in [-0.4, -0.2) is 30.7 Å². The van der Waals surface area contributed by atoms with Gasteiger partial charge in [-0.15, -0.1) is 0 Å². The Morgan fingerprint density at radius 3 is 2.12 bits per heavy atom. The summed E-state index contributed by atoms with van der Waals surface area (Å²) in [5.41, 5.74) is 2.88. The summed E-state index contributed by atoms with van der Waals surface area (Å²) in [6.07, 6.45) is 1.53. The Labute approximate surface area is 199 Å². The van der Waals surface area contributed by atoms with Gasteiger partial charge in [0.2, 0.25) is 5.91 Å². The highest BCUT2D eigenvalue weighted by Gasteiger charge is 2.31. The summed E-state index contributed by atoms with van der Waals surface area (Å²) in [5, 5.41) is 9.82. The van der Waals surface area contributed by atoms with Crippen molar-refractivity contribution in [3.8, 4) is 6.07 Å². The number of nitrogens with zero attached hydrogens (tertiary/aromatic N) is 4. The van der Waals surface area contributed by atoms with Crippen LogP contribution < -0.4 is 9.80 Å². The van der Waals surface area contributed by atoms with Crippen LogP contribution in [0.4, 0.5) is 11.4 Å². The van der Waals surface area contributed by atoms with Gasteiger partial charge in [-0.05, 0) is 29.8 Å². The van der Waals surface area contributed by atoms with Gasteiger partial charge in [-0.2, -0.15) is 5.26 Å². The summed E-state index contributed by atoms with van der Waals surface area (Å²) < 4.78 is 5.43. The molecule has 1 amide bonds. The zero-order valence-corrected chi connectivity index (χ0v) is 19.3. The summed E-state index contributed by atoms with van der Waals surface area (Å²) in [7, 11) is 3.66. The molecule has 0 atom stereocenters. The topological polar surface area (TPSA) is 80.8 Å². The highest BCUT2D eigenvalue weighted by molar-refractivity contribution is 6.03. The SMILES string of the molecule is CN1C(=C(C#N)C(=O)CCC(=O)N(Cc2ccccc2)Cc2ccco2)N(C)c2ccccc21. The van der Waals surface area contributed by atoms with Gasteiger partial charge in [-0.25, -0.2) is 0 Å². The van der Waals surface area contributed by atoms with E-state index in [0.29, 0.717) is 24.7 Å². The number of hydrogen-bond acceptors (Lipinski definition) is 6. The number of fused-ring (bicyclic) bond motifs is 1. The van der Waals surface area contributed by atoms with Crippen LogP contribution in [-0.2, 0) is 22.7 Å². The minimum Gasteiger partial charge on any atom is -0.467 e. The van der Waals surface area contributed by atoms with E-state index in [9.17, 15) is 14.9 Å². The molecule has 0 bridgehead atoms. The second kappa shape index (κ2) is 10.1. The van der Waals surface area contributed by atoms with E-state index >= 15 is 0 Å². The van der Waals surface area contributed by atoms with Crippen molar-refractivity contribution < 1.29 is 14.0 Å². The van der Waals surface area contributed by atoms with Crippen LogP contribution in [0.1, 0.15) is 24.2 Å². The van der Waals surface area contributed by atoms with E-state index in [-0.39, 0.29) is 30.1 Å². The summed E-state index contributed by atoms with van der Waals surface area (Å²) in [6, 6.07) is 23.1. The molecule has 0 aliphatic carbocycles. The van der Waals surface area contributed by atoms with Gasteiger partial charge in [0, 0.05) is 33.5 Å². The number of anilines is 2. The third-order valence-corrected chi connectivity index (χ3v) is 5.92. The Morgan fingerprint density at radius 2 is 1.53 bits per heavy atom. The van der Waals surface area contributed by atoms with Crippen LogP contribution in [0.15, 0.2) is 88.8 Å². The number of benzene rings is 2. The van der Waals surface area contributed by atoms with Gasteiger partial charge in [0.1, 0.15) is 23.2 Å². The fraction of sp³-hybridized carbons (Fsp3) is 0.222. The molecule has 2 aromatic carbocycles. The van der Waals surface area contributed by atoms with E-state index in [4.69, 9.17) is 4.42 Å². The minimum absolute atomic E-state index is 0.00517. The lowest BCUT2D eigenvalue weighted by atomic mass is 10.1. The summed E-state index contributed by atoms with van der Waals surface area (Å²) in [4.78, 5) is 31.6. The first kappa shape index (κ1) is 22.9. The molecule has 1 aromatic heterocycles. The van der Waals surface area contributed by atoms with Gasteiger partial charge in [0.05, 0.1) is 24.2 Å². The quantitative estimate of drug-likeness (QED) is 0.369. The van der Waals surface area contributed by atoms with Crippen molar-refractivity contribution in [3.05, 3.63) is 95.7 Å². The number of hydrogen-bond donors (Lipinski definition) is 0. The molecule has 0 saturated heterocycles. The van der Waals surface area contributed by atoms with Crippen LogP contribution in [0.25, 0.3) is 0 Å². The number of rotatable bonds is 8. The molecule has 1 aliphatic rings. The Balaban J connectivity index is 1.49. The van der Waals surface area contributed by atoms with Crippen LogP contribution in [0.3, 0.4) is 0 Å². The van der Waals surface area contributed by atoms with Crippen LogP contribution in [0.5, 0.6) is 0 Å². The lowest BCUT2D eigenvalue weighted by Gasteiger charge is -2.22. The molecule has 0 radical (unpaired) electrons. The summed E-state index contributed by atoms with van der Waals surface area (Å²) in [5.74, 6) is 0.669. The normalized spacial score (nSPS) is 12.3. The second-order valence-electron chi connectivity index (χ2n) is 8.16. The van der Waals surface area contributed by atoms with Crippen molar-refractivity contribution in [1.82, 2.24) is 4.90 Å². The van der Waals surface area contributed by atoms with Gasteiger partial charge in [0.25, 0.3) is 0 Å². The van der Waals surface area contributed by atoms with Crippen LogP contribution in [0, 0.1) is 11.3 Å².